The number of anilines is 1. The molecular formula is C18H22FN11O6S2. The molecule has 0 bridgehead atoms. The average Bonchev–Trinajstić information content (AvgIpc) is 3.33. The maximum atomic E-state index is 12.9. The van der Waals surface area contributed by atoms with Crippen LogP contribution in [0.2, 0.25) is 0 Å². The van der Waals surface area contributed by atoms with E-state index in [4.69, 9.17) is 10.5 Å². The number of rotatable bonds is 10. The third kappa shape index (κ3) is 6.26. The summed E-state index contributed by atoms with van der Waals surface area (Å²) in [7, 11) is 0. The Hall–Kier alpha value is -4.04. The molecule has 4 rings (SSSR count). The Morgan fingerprint density at radius 3 is 2.84 bits per heavy atom. The summed E-state index contributed by atoms with van der Waals surface area (Å²) in [6.07, 6.45) is 1.08. The number of fused-ring (bicyclic) bond motifs is 1. The normalized spacial score (nSPS) is 21.9. The molecule has 4 heterocycles. The number of carboxylic acid groups (broad SMARTS) is 1. The zero-order chi connectivity index (χ0) is 27.1. The van der Waals surface area contributed by atoms with Crippen LogP contribution in [0.25, 0.3) is 0 Å². The Morgan fingerprint density at radius 1 is 1.37 bits per heavy atom. The van der Waals surface area contributed by atoms with E-state index in [1.54, 1.807) is 0 Å². The zero-order valence-electron chi connectivity index (χ0n) is 19.4. The molecule has 20 heteroatoms. The van der Waals surface area contributed by atoms with Crippen LogP contribution in [-0.4, -0.2) is 111 Å². The van der Waals surface area contributed by atoms with Gasteiger partial charge in [0.15, 0.2) is 5.13 Å². The van der Waals surface area contributed by atoms with Gasteiger partial charge in [0.25, 0.3) is 18.7 Å². The first-order chi connectivity index (χ1) is 18.4. The van der Waals surface area contributed by atoms with E-state index in [1.165, 1.54) is 24.3 Å². The molecule has 1 aromatic rings. The molecule has 2 atom stereocenters. The van der Waals surface area contributed by atoms with Gasteiger partial charge < -0.3 is 31.0 Å². The van der Waals surface area contributed by atoms with Gasteiger partial charge in [0.05, 0.1) is 6.21 Å². The quantitative estimate of drug-likeness (QED) is 0.0710. The van der Waals surface area contributed by atoms with Crippen molar-refractivity contribution >= 4 is 64.7 Å². The van der Waals surface area contributed by atoms with Crippen molar-refractivity contribution in [2.75, 3.05) is 44.5 Å². The number of hydrazone groups is 2. The average molecular weight is 572 g/mol. The SMILES string of the molecule is Nc1nc(/C(=N/OCF)C(=O)NC2C(=O)N3C(OC(=O)O)=C(C=NNC=NN4CCNCC4)CS[C@@H]23)ns1. The largest absolute Gasteiger partial charge is 0.512 e. The zero-order valence-corrected chi connectivity index (χ0v) is 21.1. The molecule has 2 fully saturated rings. The van der Waals surface area contributed by atoms with E-state index in [-0.39, 0.29) is 22.6 Å². The lowest BCUT2D eigenvalue weighted by molar-refractivity contribution is -0.148. The number of carbonyl (C=O) groups excluding carboxylic acids is 2. The summed E-state index contributed by atoms with van der Waals surface area (Å²) in [5, 5.41) is 27.7. The highest BCUT2D eigenvalue weighted by atomic mass is 32.2. The first-order valence-electron chi connectivity index (χ1n) is 10.9. The van der Waals surface area contributed by atoms with Crippen LogP contribution < -0.4 is 21.8 Å². The van der Waals surface area contributed by atoms with Crippen molar-refractivity contribution in [1.29, 1.82) is 0 Å². The highest BCUT2D eigenvalue weighted by Crippen LogP contribution is 2.40. The third-order valence-corrected chi connectivity index (χ3v) is 7.00. The number of hydrogen-bond donors (Lipinski definition) is 5. The lowest BCUT2D eigenvalue weighted by Gasteiger charge is -2.48. The van der Waals surface area contributed by atoms with E-state index in [2.05, 4.69) is 45.6 Å². The lowest BCUT2D eigenvalue weighted by atomic mass is 10.1. The van der Waals surface area contributed by atoms with Gasteiger partial charge in [-0.25, -0.2) is 9.18 Å². The van der Waals surface area contributed by atoms with E-state index in [0.29, 0.717) is 5.57 Å². The molecule has 0 radical (unpaired) electrons. The summed E-state index contributed by atoms with van der Waals surface area (Å²) in [6.45, 7) is 1.83. The maximum absolute atomic E-state index is 12.9. The van der Waals surface area contributed by atoms with Crippen LogP contribution in [0.15, 0.2) is 26.8 Å². The molecule has 2 saturated heterocycles. The smallest absolute Gasteiger partial charge is 0.449 e. The van der Waals surface area contributed by atoms with Crippen LogP contribution in [0.3, 0.4) is 0 Å². The van der Waals surface area contributed by atoms with Crippen molar-refractivity contribution < 1.29 is 33.5 Å². The number of nitrogen functional groups attached to an aromatic ring is 1. The second kappa shape index (κ2) is 12.5. The molecule has 6 N–H and O–H groups in total. The van der Waals surface area contributed by atoms with Crippen LogP contribution >= 0.6 is 23.3 Å². The number of carbonyl (C=O) groups is 3. The summed E-state index contributed by atoms with van der Waals surface area (Å²) in [5.41, 5.74) is 7.99. The number of nitrogens with zero attached hydrogens (tertiary/aromatic N) is 7. The van der Waals surface area contributed by atoms with Gasteiger partial charge in [-0.1, -0.05) is 5.16 Å². The Balaban J connectivity index is 1.43. The number of ether oxygens (including phenoxy) is 1. The summed E-state index contributed by atoms with van der Waals surface area (Å²) in [6, 6.07) is -1.07. The number of nitrogens with two attached hydrogens (primary N) is 1. The number of alkyl halides is 1. The van der Waals surface area contributed by atoms with Crippen LogP contribution in [0.4, 0.5) is 14.3 Å². The number of oxime groups is 1. The predicted molar refractivity (Wildman–Crippen MR) is 134 cm³/mol. The van der Waals surface area contributed by atoms with Gasteiger partial charge in [-0.2, -0.15) is 19.6 Å². The highest BCUT2D eigenvalue weighted by Gasteiger charge is 2.54. The van der Waals surface area contributed by atoms with Gasteiger partial charge in [-0.15, -0.1) is 11.8 Å². The Bertz CT molecular complexity index is 1190. The minimum atomic E-state index is -1.63. The van der Waals surface area contributed by atoms with E-state index in [1.807, 2.05) is 5.01 Å². The van der Waals surface area contributed by atoms with Crippen LogP contribution in [0.5, 0.6) is 0 Å². The van der Waals surface area contributed by atoms with E-state index < -0.39 is 42.0 Å². The molecule has 0 aliphatic carbocycles. The standard InChI is InChI=1S/C18H22FN11O6S2/c19-7-35-27-10(12-26-17(20)38-28-12)13(31)25-11-14(32)30-15(36-18(33)34)9(6-37-16(11)30)5-22-23-8-24-29-3-1-21-2-4-29/h5,8,11,16,21H,1-4,6-7H2,(H,23,24)(H,25,31)(H,33,34)(H2,20,26,28)/b22-5?,27-10-/t11?,16-/m0/s1. The second-order valence-electron chi connectivity index (χ2n) is 7.53. The van der Waals surface area contributed by atoms with Crippen LogP contribution in [0, 0.1) is 0 Å². The van der Waals surface area contributed by atoms with Gasteiger partial charge in [-0.05, 0) is 0 Å². The van der Waals surface area contributed by atoms with Gasteiger partial charge >= 0.3 is 6.16 Å². The number of nitrogens with one attached hydrogen (secondary N) is 3. The Morgan fingerprint density at radius 2 is 2.16 bits per heavy atom. The van der Waals surface area contributed by atoms with E-state index in [9.17, 15) is 23.9 Å². The maximum Gasteiger partial charge on any atom is 0.512 e. The van der Waals surface area contributed by atoms with Crippen molar-refractivity contribution in [1.82, 2.24) is 35.3 Å². The monoisotopic (exact) mass is 571 g/mol. The van der Waals surface area contributed by atoms with Crippen molar-refractivity contribution in [2.24, 2.45) is 15.4 Å². The predicted octanol–water partition coefficient (Wildman–Crippen LogP) is -1.50. The fourth-order valence-electron chi connectivity index (χ4n) is 3.50. The molecular weight excluding hydrogens is 549 g/mol. The number of β-lactam (4-membered cyclic amide) rings is 1. The number of aromatic nitrogens is 2. The molecule has 17 nitrogen and oxygen atoms in total. The molecule has 3 aliphatic heterocycles. The first-order valence-corrected chi connectivity index (χ1v) is 12.7. The molecule has 0 saturated carbocycles. The van der Waals surface area contributed by atoms with Gasteiger partial charge in [0.2, 0.25) is 17.4 Å². The lowest BCUT2D eigenvalue weighted by Crippen LogP contribution is -2.70. The fourth-order valence-corrected chi connectivity index (χ4v) is 5.21. The molecule has 1 unspecified atom stereocenters. The topological polar surface area (TPSA) is 221 Å². The van der Waals surface area contributed by atoms with Crippen molar-refractivity contribution in [3.63, 3.8) is 0 Å². The van der Waals surface area contributed by atoms with E-state index in [0.717, 1.165) is 42.6 Å². The number of halogens is 1. The minimum absolute atomic E-state index is 0.0360. The highest BCUT2D eigenvalue weighted by molar-refractivity contribution is 8.00. The molecule has 0 aromatic carbocycles. The molecule has 204 valence electrons. The van der Waals surface area contributed by atoms with Gasteiger partial charge in [-0.3, -0.25) is 24.9 Å². The van der Waals surface area contributed by atoms with Crippen LogP contribution in [-0.2, 0) is 19.2 Å². The number of thioether (sulfide) groups is 1. The first kappa shape index (κ1) is 27.0. The van der Waals surface area contributed by atoms with Crippen molar-refractivity contribution in [3.05, 3.63) is 17.3 Å². The third-order valence-electron chi connectivity index (χ3n) is 5.16. The van der Waals surface area contributed by atoms with E-state index >= 15 is 0 Å². The van der Waals surface area contributed by atoms with Crippen LogP contribution in [0.1, 0.15) is 5.82 Å². The molecule has 2 amide bonds. The molecule has 3 aliphatic rings. The second-order valence-corrected chi connectivity index (χ2v) is 9.42. The minimum Gasteiger partial charge on any atom is -0.449 e. The van der Waals surface area contributed by atoms with Gasteiger partial charge in [0.1, 0.15) is 17.8 Å². The Labute approximate surface area is 222 Å². The summed E-state index contributed by atoms with van der Waals surface area (Å²) in [5.74, 6) is -1.80. The van der Waals surface area contributed by atoms with Gasteiger partial charge in [0, 0.05) is 49.0 Å². The summed E-state index contributed by atoms with van der Waals surface area (Å²) >= 11 is 2.02. The Kier molecular flexibility index (Phi) is 8.86. The van der Waals surface area contributed by atoms with Crippen molar-refractivity contribution in [2.45, 2.75) is 11.4 Å². The molecule has 1 aromatic heterocycles. The number of amides is 2. The van der Waals surface area contributed by atoms with Crippen molar-refractivity contribution in [3.8, 4) is 0 Å². The molecule has 38 heavy (non-hydrogen) atoms. The number of piperazine rings is 1. The summed E-state index contributed by atoms with van der Waals surface area (Å²) in [4.78, 5) is 46.3. The number of hydrogen-bond acceptors (Lipinski definition) is 15. The fraction of sp³-hybridized carbons (Fsp3) is 0.444. The molecule has 0 spiro atoms. The summed E-state index contributed by atoms with van der Waals surface area (Å²) < 4.78 is 21.2.